The number of rotatable bonds is 7. The average Bonchev–Trinajstić information content (AvgIpc) is 2.34. The lowest BCUT2D eigenvalue weighted by Crippen LogP contribution is -2.17. The molecule has 4 heteroatoms. The largest absolute Gasteiger partial charge is 0.497 e. The Morgan fingerprint density at radius 3 is 2.94 bits per heavy atom. The van der Waals surface area contributed by atoms with E-state index in [1.165, 1.54) is 0 Å². The molecule has 1 N–H and O–H groups in total. The van der Waals surface area contributed by atoms with Crippen LogP contribution in [0.1, 0.15) is 6.92 Å². The van der Waals surface area contributed by atoms with Crippen molar-refractivity contribution in [3.63, 3.8) is 0 Å². The summed E-state index contributed by atoms with van der Waals surface area (Å²) in [6.07, 6.45) is -0.420. The van der Waals surface area contributed by atoms with Gasteiger partial charge in [-0.25, -0.2) is 0 Å². The zero-order chi connectivity index (χ0) is 11.8. The lowest BCUT2D eigenvalue weighted by molar-refractivity contribution is 0.0551. The van der Waals surface area contributed by atoms with Gasteiger partial charge in [-0.05, 0) is 25.1 Å². The molecule has 90 valence electrons. The van der Waals surface area contributed by atoms with Gasteiger partial charge < -0.3 is 14.6 Å². The van der Waals surface area contributed by atoms with Crippen LogP contribution in [-0.2, 0) is 4.74 Å². The van der Waals surface area contributed by atoms with E-state index >= 15 is 0 Å². The van der Waals surface area contributed by atoms with Gasteiger partial charge in [-0.3, -0.25) is 0 Å². The standard InChI is InChI=1S/C12H18O3S/c1-3-15-8-10(13)9-16-12-6-4-5-11(7-12)14-2/h4-7,10,13H,3,8-9H2,1-2H3. The normalized spacial score (nSPS) is 12.4. The molecule has 0 heterocycles. The molecule has 0 aliphatic heterocycles. The van der Waals surface area contributed by atoms with Gasteiger partial charge >= 0.3 is 0 Å². The maximum atomic E-state index is 9.59. The van der Waals surface area contributed by atoms with E-state index in [0.29, 0.717) is 19.0 Å². The van der Waals surface area contributed by atoms with E-state index in [9.17, 15) is 5.11 Å². The van der Waals surface area contributed by atoms with E-state index < -0.39 is 6.10 Å². The smallest absolute Gasteiger partial charge is 0.119 e. The molecule has 0 amide bonds. The van der Waals surface area contributed by atoms with Crippen molar-refractivity contribution in [1.82, 2.24) is 0 Å². The first kappa shape index (κ1) is 13.4. The van der Waals surface area contributed by atoms with Gasteiger partial charge in [0.15, 0.2) is 0 Å². The Hall–Kier alpha value is -0.710. The van der Waals surface area contributed by atoms with Crippen molar-refractivity contribution < 1.29 is 14.6 Å². The molecule has 0 radical (unpaired) electrons. The van der Waals surface area contributed by atoms with Gasteiger partial charge in [-0.2, -0.15) is 0 Å². The second-order valence-corrected chi connectivity index (χ2v) is 4.40. The molecule has 0 spiro atoms. The van der Waals surface area contributed by atoms with Crippen molar-refractivity contribution in [1.29, 1.82) is 0 Å². The summed E-state index contributed by atoms with van der Waals surface area (Å²) in [6, 6.07) is 7.80. The molecule has 1 aromatic carbocycles. The molecule has 16 heavy (non-hydrogen) atoms. The first-order valence-corrected chi connectivity index (χ1v) is 6.27. The summed E-state index contributed by atoms with van der Waals surface area (Å²) in [7, 11) is 1.65. The summed E-state index contributed by atoms with van der Waals surface area (Å²) < 4.78 is 10.3. The highest BCUT2D eigenvalue weighted by Gasteiger charge is 2.05. The summed E-state index contributed by atoms with van der Waals surface area (Å²) in [5, 5.41) is 9.59. The van der Waals surface area contributed by atoms with Gasteiger partial charge in [0.05, 0.1) is 19.8 Å². The zero-order valence-electron chi connectivity index (χ0n) is 9.68. The lowest BCUT2D eigenvalue weighted by Gasteiger charge is -2.10. The molecule has 1 rings (SSSR count). The van der Waals surface area contributed by atoms with Crippen LogP contribution in [0, 0.1) is 0 Å². The molecule has 0 bridgehead atoms. The summed E-state index contributed by atoms with van der Waals surface area (Å²) >= 11 is 1.60. The van der Waals surface area contributed by atoms with Crippen LogP contribution in [0.3, 0.4) is 0 Å². The third kappa shape index (κ3) is 4.88. The van der Waals surface area contributed by atoms with Gasteiger partial charge in [-0.1, -0.05) is 6.07 Å². The van der Waals surface area contributed by atoms with E-state index in [4.69, 9.17) is 9.47 Å². The first-order chi connectivity index (χ1) is 7.76. The van der Waals surface area contributed by atoms with Crippen molar-refractivity contribution in [3.8, 4) is 5.75 Å². The quantitative estimate of drug-likeness (QED) is 0.744. The van der Waals surface area contributed by atoms with Crippen LogP contribution in [0.2, 0.25) is 0 Å². The Morgan fingerprint density at radius 2 is 2.25 bits per heavy atom. The van der Waals surface area contributed by atoms with Crippen LogP contribution < -0.4 is 4.74 Å². The van der Waals surface area contributed by atoms with E-state index in [1.54, 1.807) is 18.9 Å². The van der Waals surface area contributed by atoms with E-state index in [-0.39, 0.29) is 0 Å². The number of thioether (sulfide) groups is 1. The van der Waals surface area contributed by atoms with Gasteiger partial charge in [0, 0.05) is 17.3 Å². The highest BCUT2D eigenvalue weighted by Crippen LogP contribution is 2.23. The first-order valence-electron chi connectivity index (χ1n) is 5.29. The fourth-order valence-electron chi connectivity index (χ4n) is 1.19. The van der Waals surface area contributed by atoms with Gasteiger partial charge in [0.2, 0.25) is 0 Å². The van der Waals surface area contributed by atoms with Gasteiger partial charge in [-0.15, -0.1) is 11.8 Å². The minimum absolute atomic E-state index is 0.396. The maximum Gasteiger partial charge on any atom is 0.119 e. The van der Waals surface area contributed by atoms with Crippen molar-refractivity contribution in [2.45, 2.75) is 17.9 Å². The third-order valence-electron chi connectivity index (χ3n) is 2.00. The van der Waals surface area contributed by atoms with E-state index in [0.717, 1.165) is 10.6 Å². The predicted octanol–water partition coefficient (Wildman–Crippen LogP) is 2.18. The molecular weight excluding hydrogens is 224 g/mol. The molecule has 1 aromatic rings. The fraction of sp³-hybridized carbons (Fsp3) is 0.500. The van der Waals surface area contributed by atoms with Crippen LogP contribution in [-0.4, -0.2) is 37.3 Å². The molecule has 0 aliphatic rings. The number of methoxy groups -OCH3 is 1. The van der Waals surface area contributed by atoms with Crippen molar-refractivity contribution in [3.05, 3.63) is 24.3 Å². The number of hydrogen-bond acceptors (Lipinski definition) is 4. The highest BCUT2D eigenvalue weighted by molar-refractivity contribution is 7.99. The molecule has 0 saturated heterocycles. The molecule has 3 nitrogen and oxygen atoms in total. The zero-order valence-corrected chi connectivity index (χ0v) is 10.5. The molecular formula is C12H18O3S. The third-order valence-corrected chi connectivity index (χ3v) is 3.14. The fourth-order valence-corrected chi connectivity index (χ4v) is 2.04. The number of aliphatic hydroxyl groups is 1. The second-order valence-electron chi connectivity index (χ2n) is 3.30. The molecule has 0 saturated carbocycles. The molecule has 1 unspecified atom stereocenters. The number of aliphatic hydroxyl groups excluding tert-OH is 1. The molecule has 0 aliphatic carbocycles. The van der Waals surface area contributed by atoms with Gasteiger partial charge in [0.25, 0.3) is 0 Å². The van der Waals surface area contributed by atoms with Crippen LogP contribution in [0.15, 0.2) is 29.2 Å². The Labute approximate surface area is 101 Å². The SMILES string of the molecule is CCOCC(O)CSc1cccc(OC)c1. The predicted molar refractivity (Wildman–Crippen MR) is 66.2 cm³/mol. The van der Waals surface area contributed by atoms with Crippen LogP contribution in [0.25, 0.3) is 0 Å². The lowest BCUT2D eigenvalue weighted by atomic mass is 10.3. The topological polar surface area (TPSA) is 38.7 Å². The number of benzene rings is 1. The van der Waals surface area contributed by atoms with Crippen LogP contribution in [0.5, 0.6) is 5.75 Å². The summed E-state index contributed by atoms with van der Waals surface area (Å²) in [5.41, 5.74) is 0. The average molecular weight is 242 g/mol. The Balaban J connectivity index is 2.35. The second kappa shape index (κ2) is 7.54. The van der Waals surface area contributed by atoms with Crippen molar-refractivity contribution in [2.24, 2.45) is 0 Å². The monoisotopic (exact) mass is 242 g/mol. The Kier molecular flexibility index (Phi) is 6.30. The minimum atomic E-state index is -0.420. The van der Waals surface area contributed by atoms with Crippen molar-refractivity contribution in [2.75, 3.05) is 26.1 Å². The van der Waals surface area contributed by atoms with E-state index in [1.807, 2.05) is 31.2 Å². The van der Waals surface area contributed by atoms with Gasteiger partial charge in [0.1, 0.15) is 5.75 Å². The Morgan fingerprint density at radius 1 is 1.44 bits per heavy atom. The highest BCUT2D eigenvalue weighted by atomic mass is 32.2. The number of ether oxygens (including phenoxy) is 2. The number of hydrogen-bond donors (Lipinski definition) is 1. The maximum absolute atomic E-state index is 9.59. The van der Waals surface area contributed by atoms with Crippen LogP contribution in [0.4, 0.5) is 0 Å². The molecule has 1 atom stereocenters. The summed E-state index contributed by atoms with van der Waals surface area (Å²) in [6.45, 7) is 2.95. The summed E-state index contributed by atoms with van der Waals surface area (Å²) in [5.74, 6) is 1.47. The minimum Gasteiger partial charge on any atom is -0.497 e. The van der Waals surface area contributed by atoms with Crippen LogP contribution >= 0.6 is 11.8 Å². The van der Waals surface area contributed by atoms with E-state index in [2.05, 4.69) is 0 Å². The van der Waals surface area contributed by atoms with Crippen molar-refractivity contribution >= 4 is 11.8 Å². The Bertz CT molecular complexity index is 304. The summed E-state index contributed by atoms with van der Waals surface area (Å²) in [4.78, 5) is 1.09. The molecule has 0 fully saturated rings. The molecule has 0 aromatic heterocycles.